The number of aryl methyl sites for hydroxylation is 1. The Morgan fingerprint density at radius 3 is 2.73 bits per heavy atom. The van der Waals surface area contributed by atoms with Crippen LogP contribution in [-0.4, -0.2) is 14.5 Å². The van der Waals surface area contributed by atoms with E-state index in [1.807, 2.05) is 19.2 Å². The first-order chi connectivity index (χ1) is 7.08. The maximum atomic E-state index is 4.57. The monoisotopic (exact) mass is 267 g/mol. The van der Waals surface area contributed by atoms with E-state index in [4.69, 9.17) is 0 Å². The highest BCUT2D eigenvalue weighted by Gasteiger charge is 2.10. The third-order valence-corrected chi connectivity index (χ3v) is 2.81. The molecule has 2 heterocycles. The van der Waals surface area contributed by atoms with Gasteiger partial charge in [0.1, 0.15) is 15.9 Å². The zero-order chi connectivity index (χ0) is 11.0. The average Bonchev–Trinajstić information content (AvgIpc) is 2.44. The highest BCUT2D eigenvalue weighted by Crippen LogP contribution is 2.17. The summed E-state index contributed by atoms with van der Waals surface area (Å²) in [6.07, 6.45) is 0.991. The molecule has 4 heteroatoms. The van der Waals surface area contributed by atoms with Gasteiger partial charge in [0.15, 0.2) is 5.65 Å². The van der Waals surface area contributed by atoms with Crippen molar-refractivity contribution < 1.29 is 0 Å². The number of nitrogens with zero attached hydrogens (tertiary/aromatic N) is 3. The molecular formula is C11H14BrN3. The molecule has 0 spiro atoms. The van der Waals surface area contributed by atoms with Crippen molar-refractivity contribution in [1.29, 1.82) is 0 Å². The van der Waals surface area contributed by atoms with Crippen molar-refractivity contribution in [2.75, 3.05) is 0 Å². The zero-order valence-electron chi connectivity index (χ0n) is 9.16. The number of hydrogen-bond donors (Lipinski definition) is 0. The Balaban J connectivity index is 2.54. The van der Waals surface area contributed by atoms with Crippen molar-refractivity contribution in [2.45, 2.75) is 20.3 Å². The Labute approximate surface area is 97.7 Å². The van der Waals surface area contributed by atoms with Crippen LogP contribution in [0.1, 0.15) is 19.7 Å². The lowest BCUT2D eigenvalue weighted by atomic mass is 10.1. The molecule has 0 aliphatic carbocycles. The van der Waals surface area contributed by atoms with Crippen molar-refractivity contribution >= 4 is 27.1 Å². The van der Waals surface area contributed by atoms with Gasteiger partial charge in [0, 0.05) is 13.5 Å². The van der Waals surface area contributed by atoms with Crippen LogP contribution in [0.25, 0.3) is 11.2 Å². The lowest BCUT2D eigenvalue weighted by Gasteiger charge is -2.03. The van der Waals surface area contributed by atoms with E-state index in [1.54, 1.807) is 0 Å². The molecule has 2 aromatic heterocycles. The van der Waals surface area contributed by atoms with Gasteiger partial charge in [-0.1, -0.05) is 13.8 Å². The van der Waals surface area contributed by atoms with Gasteiger partial charge in [-0.3, -0.25) is 0 Å². The van der Waals surface area contributed by atoms with Crippen LogP contribution in [0.15, 0.2) is 16.7 Å². The third-order valence-electron chi connectivity index (χ3n) is 2.37. The molecule has 80 valence electrons. The van der Waals surface area contributed by atoms with Crippen LogP contribution in [-0.2, 0) is 13.5 Å². The summed E-state index contributed by atoms with van der Waals surface area (Å²) < 4.78 is 2.93. The number of hydrogen-bond acceptors (Lipinski definition) is 2. The summed E-state index contributed by atoms with van der Waals surface area (Å²) in [5, 5.41) is 0. The van der Waals surface area contributed by atoms with Gasteiger partial charge in [-0.15, -0.1) is 0 Å². The number of imidazole rings is 1. The standard InChI is InChI=1S/C11H14BrN3/c1-7(2)6-10-13-8-4-5-9(12)14-11(8)15(10)3/h4-5,7H,6H2,1-3H3. The molecule has 0 radical (unpaired) electrons. The average molecular weight is 268 g/mol. The van der Waals surface area contributed by atoms with Crippen LogP contribution >= 0.6 is 15.9 Å². The van der Waals surface area contributed by atoms with E-state index in [9.17, 15) is 0 Å². The summed E-state index contributed by atoms with van der Waals surface area (Å²) in [6.45, 7) is 4.39. The molecule has 0 aromatic carbocycles. The molecule has 0 saturated carbocycles. The topological polar surface area (TPSA) is 30.7 Å². The van der Waals surface area contributed by atoms with Crippen molar-refractivity contribution in [3.8, 4) is 0 Å². The maximum absolute atomic E-state index is 4.57. The van der Waals surface area contributed by atoms with Crippen LogP contribution in [0.5, 0.6) is 0 Å². The van der Waals surface area contributed by atoms with E-state index >= 15 is 0 Å². The zero-order valence-corrected chi connectivity index (χ0v) is 10.7. The number of pyridine rings is 1. The Kier molecular flexibility index (Phi) is 2.78. The summed E-state index contributed by atoms with van der Waals surface area (Å²) in [4.78, 5) is 8.99. The highest BCUT2D eigenvalue weighted by atomic mass is 79.9. The predicted molar refractivity (Wildman–Crippen MR) is 64.8 cm³/mol. The van der Waals surface area contributed by atoms with Gasteiger partial charge in [0.2, 0.25) is 0 Å². The minimum atomic E-state index is 0.615. The number of rotatable bonds is 2. The second-order valence-electron chi connectivity index (χ2n) is 4.16. The minimum Gasteiger partial charge on any atom is -0.316 e. The fourth-order valence-corrected chi connectivity index (χ4v) is 1.94. The van der Waals surface area contributed by atoms with Gasteiger partial charge in [0.05, 0.1) is 0 Å². The normalized spacial score (nSPS) is 11.5. The SMILES string of the molecule is CC(C)Cc1nc2ccc(Br)nc2n1C. The summed E-state index contributed by atoms with van der Waals surface area (Å²) in [7, 11) is 2.02. The second kappa shape index (κ2) is 3.93. The summed E-state index contributed by atoms with van der Waals surface area (Å²) in [5.41, 5.74) is 1.91. The molecule has 0 aliphatic heterocycles. The van der Waals surface area contributed by atoms with Crippen molar-refractivity contribution in [2.24, 2.45) is 13.0 Å². The molecule has 0 saturated heterocycles. The van der Waals surface area contributed by atoms with Gasteiger partial charge in [0.25, 0.3) is 0 Å². The van der Waals surface area contributed by atoms with Crippen LogP contribution in [0, 0.1) is 5.92 Å². The third kappa shape index (κ3) is 2.04. The minimum absolute atomic E-state index is 0.615. The van der Waals surface area contributed by atoms with Crippen molar-refractivity contribution in [3.63, 3.8) is 0 Å². The van der Waals surface area contributed by atoms with Crippen LogP contribution < -0.4 is 0 Å². The van der Waals surface area contributed by atoms with E-state index in [1.165, 1.54) is 0 Å². The maximum Gasteiger partial charge on any atom is 0.161 e. The first kappa shape index (κ1) is 10.6. The van der Waals surface area contributed by atoms with E-state index in [0.29, 0.717) is 5.92 Å². The molecule has 3 nitrogen and oxygen atoms in total. The van der Waals surface area contributed by atoms with Gasteiger partial charge in [-0.05, 0) is 34.0 Å². The van der Waals surface area contributed by atoms with Gasteiger partial charge in [-0.25, -0.2) is 9.97 Å². The predicted octanol–water partition coefficient (Wildman–Crippen LogP) is 2.93. The molecule has 0 amide bonds. The fourth-order valence-electron chi connectivity index (χ4n) is 1.64. The highest BCUT2D eigenvalue weighted by molar-refractivity contribution is 9.10. The van der Waals surface area contributed by atoms with Gasteiger partial charge >= 0.3 is 0 Å². The van der Waals surface area contributed by atoms with E-state index in [2.05, 4.69) is 44.3 Å². The molecule has 0 atom stereocenters. The van der Waals surface area contributed by atoms with Gasteiger partial charge in [-0.2, -0.15) is 0 Å². The molecule has 2 aromatic rings. The van der Waals surface area contributed by atoms with Gasteiger partial charge < -0.3 is 4.57 Å². The first-order valence-corrected chi connectivity index (χ1v) is 5.85. The van der Waals surface area contributed by atoms with E-state index < -0.39 is 0 Å². The molecule has 0 bridgehead atoms. The fraction of sp³-hybridized carbons (Fsp3) is 0.455. The summed E-state index contributed by atoms with van der Waals surface area (Å²) in [6, 6.07) is 3.92. The lowest BCUT2D eigenvalue weighted by Crippen LogP contribution is -2.02. The molecular weight excluding hydrogens is 254 g/mol. The Morgan fingerprint density at radius 1 is 1.33 bits per heavy atom. The van der Waals surface area contributed by atoms with Crippen LogP contribution in [0.4, 0.5) is 0 Å². The first-order valence-electron chi connectivity index (χ1n) is 5.06. The smallest absolute Gasteiger partial charge is 0.161 e. The second-order valence-corrected chi connectivity index (χ2v) is 4.97. The Morgan fingerprint density at radius 2 is 2.07 bits per heavy atom. The number of aromatic nitrogens is 3. The quantitative estimate of drug-likeness (QED) is 0.784. The van der Waals surface area contributed by atoms with E-state index in [0.717, 1.165) is 28.0 Å². The largest absolute Gasteiger partial charge is 0.316 e. The number of fused-ring (bicyclic) bond motifs is 1. The number of halogens is 1. The van der Waals surface area contributed by atoms with Crippen LogP contribution in [0.3, 0.4) is 0 Å². The molecule has 2 rings (SSSR count). The summed E-state index contributed by atoms with van der Waals surface area (Å²) >= 11 is 3.37. The molecule has 0 N–H and O–H groups in total. The molecule has 0 fully saturated rings. The Hall–Kier alpha value is -0.900. The van der Waals surface area contributed by atoms with Crippen molar-refractivity contribution in [1.82, 2.24) is 14.5 Å². The van der Waals surface area contributed by atoms with Crippen molar-refractivity contribution in [3.05, 3.63) is 22.6 Å². The molecule has 15 heavy (non-hydrogen) atoms. The molecule has 0 aliphatic rings. The summed E-state index contributed by atoms with van der Waals surface area (Å²) in [5.74, 6) is 1.72. The lowest BCUT2D eigenvalue weighted by molar-refractivity contribution is 0.605. The van der Waals surface area contributed by atoms with E-state index in [-0.39, 0.29) is 0 Å². The molecule has 0 unspecified atom stereocenters. The Bertz CT molecular complexity index is 488. The van der Waals surface area contributed by atoms with Crippen LogP contribution in [0.2, 0.25) is 0 Å².